The molecule has 3 aromatic rings. The Morgan fingerprint density at radius 2 is 1.76 bits per heavy atom. The standard InChI is InChI=1S/C30H38N4O4/c1-30(2,3)18-26(35)17-28-31-34(29(36)33(28)23-6-5-7-27(16-23)37-4)22-10-8-21(9-11-22)14-15-32-24-12-13-25(32)20-38-19-24/h5-11,16,24-25H,12-15,17-20H2,1-4H3. The van der Waals surface area contributed by atoms with Gasteiger partial charge in [0.2, 0.25) is 0 Å². The number of morpholine rings is 1. The molecule has 2 saturated heterocycles. The summed E-state index contributed by atoms with van der Waals surface area (Å²) in [6.45, 7) is 8.80. The normalized spacial score (nSPS) is 19.6. The third-order valence-electron chi connectivity index (χ3n) is 7.47. The first kappa shape index (κ1) is 26.4. The summed E-state index contributed by atoms with van der Waals surface area (Å²) < 4.78 is 14.0. The van der Waals surface area contributed by atoms with Gasteiger partial charge in [-0.15, -0.1) is 5.10 Å². The van der Waals surface area contributed by atoms with E-state index >= 15 is 0 Å². The molecule has 0 saturated carbocycles. The number of methoxy groups -OCH3 is 1. The van der Waals surface area contributed by atoms with E-state index in [0.717, 1.165) is 26.2 Å². The second kappa shape index (κ2) is 10.9. The fourth-order valence-corrected chi connectivity index (χ4v) is 5.67. The molecule has 0 spiro atoms. The van der Waals surface area contributed by atoms with Crippen LogP contribution >= 0.6 is 0 Å². The summed E-state index contributed by atoms with van der Waals surface area (Å²) in [5.41, 5.74) is 2.07. The lowest BCUT2D eigenvalue weighted by atomic mass is 9.89. The number of fused-ring (bicyclic) bond motifs is 2. The molecule has 0 amide bonds. The van der Waals surface area contributed by atoms with Crippen LogP contribution in [0, 0.1) is 5.41 Å². The number of carbonyl (C=O) groups is 1. The highest BCUT2D eigenvalue weighted by molar-refractivity contribution is 5.80. The molecule has 2 bridgehead atoms. The maximum Gasteiger partial charge on any atom is 0.355 e. The topological polar surface area (TPSA) is 78.6 Å². The van der Waals surface area contributed by atoms with Gasteiger partial charge in [0.05, 0.1) is 38.1 Å². The highest BCUT2D eigenvalue weighted by Crippen LogP contribution is 2.29. The van der Waals surface area contributed by atoms with Crippen molar-refractivity contribution < 1.29 is 14.3 Å². The van der Waals surface area contributed by atoms with Crippen LogP contribution in [0.15, 0.2) is 53.3 Å². The Labute approximate surface area is 224 Å². The number of benzene rings is 2. The molecule has 2 unspecified atom stereocenters. The molecule has 2 fully saturated rings. The fraction of sp³-hybridized carbons (Fsp3) is 0.500. The summed E-state index contributed by atoms with van der Waals surface area (Å²) in [5, 5.41) is 4.64. The highest BCUT2D eigenvalue weighted by atomic mass is 16.5. The molecule has 3 heterocycles. The van der Waals surface area contributed by atoms with Gasteiger partial charge in [0.25, 0.3) is 0 Å². The summed E-state index contributed by atoms with van der Waals surface area (Å²) in [6, 6.07) is 16.4. The number of nitrogens with zero attached hydrogens (tertiary/aromatic N) is 4. The molecule has 202 valence electrons. The molecule has 2 aliphatic heterocycles. The molecule has 2 aliphatic rings. The Kier molecular flexibility index (Phi) is 7.54. The molecule has 8 heteroatoms. The van der Waals surface area contributed by atoms with Crippen LogP contribution in [-0.4, -0.2) is 64.0 Å². The molecule has 1 aromatic heterocycles. The van der Waals surface area contributed by atoms with Crippen LogP contribution in [0.5, 0.6) is 5.75 Å². The molecule has 0 N–H and O–H groups in total. The summed E-state index contributed by atoms with van der Waals surface area (Å²) in [6.07, 6.45) is 3.89. The van der Waals surface area contributed by atoms with Crippen molar-refractivity contribution in [3.05, 3.63) is 70.4 Å². The Bertz CT molecular complexity index is 1320. The number of carbonyl (C=O) groups excluding carboxylic acids is 1. The first-order valence-corrected chi connectivity index (χ1v) is 13.5. The minimum absolute atomic E-state index is 0.0474. The van der Waals surface area contributed by atoms with Gasteiger partial charge in [0, 0.05) is 31.1 Å². The maximum absolute atomic E-state index is 13.6. The van der Waals surface area contributed by atoms with Crippen molar-refractivity contribution in [1.82, 2.24) is 19.2 Å². The third-order valence-corrected chi connectivity index (χ3v) is 7.47. The quantitative estimate of drug-likeness (QED) is 0.426. The van der Waals surface area contributed by atoms with E-state index in [-0.39, 0.29) is 23.3 Å². The Morgan fingerprint density at radius 1 is 1.05 bits per heavy atom. The summed E-state index contributed by atoms with van der Waals surface area (Å²) in [7, 11) is 1.59. The van der Waals surface area contributed by atoms with E-state index in [2.05, 4.69) is 22.1 Å². The summed E-state index contributed by atoms with van der Waals surface area (Å²) in [4.78, 5) is 29.1. The predicted octanol–water partition coefficient (Wildman–Crippen LogP) is 3.99. The van der Waals surface area contributed by atoms with Gasteiger partial charge in [-0.3, -0.25) is 9.69 Å². The third kappa shape index (κ3) is 5.76. The second-order valence-corrected chi connectivity index (χ2v) is 11.7. The number of ketones is 1. The van der Waals surface area contributed by atoms with Gasteiger partial charge in [0.15, 0.2) is 0 Å². The number of hydrogen-bond donors (Lipinski definition) is 0. The number of Topliss-reactive ketones (excluding diaryl/α,β-unsaturated/α-hetero) is 1. The largest absolute Gasteiger partial charge is 0.497 e. The van der Waals surface area contributed by atoms with Gasteiger partial charge in [-0.2, -0.15) is 4.68 Å². The van der Waals surface area contributed by atoms with Gasteiger partial charge >= 0.3 is 5.69 Å². The van der Waals surface area contributed by atoms with Gasteiger partial charge in [-0.25, -0.2) is 9.36 Å². The minimum atomic E-state index is -0.311. The van der Waals surface area contributed by atoms with E-state index in [1.807, 2.05) is 51.1 Å². The van der Waals surface area contributed by atoms with E-state index in [9.17, 15) is 9.59 Å². The van der Waals surface area contributed by atoms with Crippen molar-refractivity contribution >= 4 is 5.78 Å². The highest BCUT2D eigenvalue weighted by Gasteiger charge is 2.36. The Morgan fingerprint density at radius 3 is 2.42 bits per heavy atom. The van der Waals surface area contributed by atoms with Crippen molar-refractivity contribution in [2.24, 2.45) is 5.41 Å². The molecule has 0 radical (unpaired) electrons. The van der Waals surface area contributed by atoms with Gasteiger partial charge in [-0.05, 0) is 54.5 Å². The predicted molar refractivity (Wildman–Crippen MR) is 147 cm³/mol. The van der Waals surface area contributed by atoms with Gasteiger partial charge < -0.3 is 9.47 Å². The van der Waals surface area contributed by atoms with Crippen LogP contribution in [0.1, 0.15) is 51.4 Å². The zero-order chi connectivity index (χ0) is 26.9. The molecule has 38 heavy (non-hydrogen) atoms. The molecular weight excluding hydrogens is 480 g/mol. The monoisotopic (exact) mass is 518 g/mol. The lowest BCUT2D eigenvalue weighted by Crippen LogP contribution is -2.46. The number of rotatable bonds is 9. The molecule has 5 rings (SSSR count). The van der Waals surface area contributed by atoms with Crippen molar-refractivity contribution in [3.63, 3.8) is 0 Å². The Hall–Kier alpha value is -3.23. The zero-order valence-corrected chi connectivity index (χ0v) is 22.9. The van der Waals surface area contributed by atoms with E-state index in [4.69, 9.17) is 9.47 Å². The zero-order valence-electron chi connectivity index (χ0n) is 22.9. The van der Waals surface area contributed by atoms with Gasteiger partial charge in [0.1, 0.15) is 17.4 Å². The second-order valence-electron chi connectivity index (χ2n) is 11.7. The summed E-state index contributed by atoms with van der Waals surface area (Å²) >= 11 is 0. The lowest BCUT2D eigenvalue weighted by molar-refractivity contribution is -0.120. The summed E-state index contributed by atoms with van der Waals surface area (Å²) in [5.74, 6) is 1.10. The van der Waals surface area contributed by atoms with E-state index in [1.165, 1.54) is 27.7 Å². The van der Waals surface area contributed by atoms with Crippen LogP contribution in [-0.2, 0) is 22.4 Å². The first-order chi connectivity index (χ1) is 18.2. The first-order valence-electron chi connectivity index (χ1n) is 13.5. The van der Waals surface area contributed by atoms with Crippen molar-refractivity contribution in [1.29, 1.82) is 0 Å². The SMILES string of the molecule is COc1cccc(-n2c(CC(=O)CC(C)(C)C)nn(-c3ccc(CCN4C5CCC4COC5)cc3)c2=O)c1. The van der Waals surface area contributed by atoms with Crippen molar-refractivity contribution in [3.8, 4) is 17.1 Å². The van der Waals surface area contributed by atoms with E-state index < -0.39 is 0 Å². The molecule has 2 atom stereocenters. The van der Waals surface area contributed by atoms with Crippen molar-refractivity contribution in [2.45, 2.75) is 65.0 Å². The number of aromatic nitrogens is 3. The van der Waals surface area contributed by atoms with Crippen LogP contribution in [0.25, 0.3) is 11.4 Å². The van der Waals surface area contributed by atoms with Crippen LogP contribution < -0.4 is 10.4 Å². The van der Waals surface area contributed by atoms with E-state index in [0.29, 0.717) is 41.5 Å². The van der Waals surface area contributed by atoms with Gasteiger partial charge in [-0.1, -0.05) is 39.0 Å². The Balaban J connectivity index is 1.40. The van der Waals surface area contributed by atoms with Crippen LogP contribution in [0.3, 0.4) is 0 Å². The molecule has 8 nitrogen and oxygen atoms in total. The molecular formula is C30H38N4O4. The molecule has 2 aromatic carbocycles. The minimum Gasteiger partial charge on any atom is -0.497 e. The van der Waals surface area contributed by atoms with E-state index in [1.54, 1.807) is 13.2 Å². The van der Waals surface area contributed by atoms with Crippen LogP contribution in [0.4, 0.5) is 0 Å². The smallest absolute Gasteiger partial charge is 0.355 e. The van der Waals surface area contributed by atoms with Crippen LogP contribution in [0.2, 0.25) is 0 Å². The molecule has 0 aliphatic carbocycles. The lowest BCUT2D eigenvalue weighted by Gasteiger charge is -2.34. The average molecular weight is 519 g/mol. The average Bonchev–Trinajstić information content (AvgIpc) is 3.31. The fourth-order valence-electron chi connectivity index (χ4n) is 5.67. The maximum atomic E-state index is 13.6. The number of ether oxygens (including phenoxy) is 2. The van der Waals surface area contributed by atoms with Crippen molar-refractivity contribution in [2.75, 3.05) is 26.9 Å². The number of hydrogen-bond acceptors (Lipinski definition) is 6.